The van der Waals surface area contributed by atoms with Crippen LogP contribution >= 0.6 is 0 Å². The maximum absolute atomic E-state index is 12.8. The number of hydrogen-bond acceptors (Lipinski definition) is 3. The first-order chi connectivity index (χ1) is 12.6. The highest BCUT2D eigenvalue weighted by atomic mass is 16.2. The summed E-state index contributed by atoms with van der Waals surface area (Å²) in [7, 11) is 0. The van der Waals surface area contributed by atoms with Crippen LogP contribution in [0.1, 0.15) is 67.9 Å². The van der Waals surface area contributed by atoms with Crippen LogP contribution in [0.25, 0.3) is 0 Å². The topological polar surface area (TPSA) is 78.5 Å². The summed E-state index contributed by atoms with van der Waals surface area (Å²) in [6.07, 6.45) is 4.66. The van der Waals surface area contributed by atoms with Gasteiger partial charge in [0.15, 0.2) is 0 Å². The van der Waals surface area contributed by atoms with Gasteiger partial charge in [-0.1, -0.05) is 38.5 Å². The third-order valence-corrected chi connectivity index (χ3v) is 5.11. The monoisotopic (exact) mass is 357 g/mol. The average molecular weight is 357 g/mol. The van der Waals surface area contributed by atoms with Gasteiger partial charge in [-0.3, -0.25) is 14.4 Å². The van der Waals surface area contributed by atoms with E-state index in [0.717, 1.165) is 37.7 Å². The second-order valence-electron chi connectivity index (χ2n) is 7.11. The van der Waals surface area contributed by atoms with Gasteiger partial charge in [-0.2, -0.15) is 0 Å². The highest BCUT2D eigenvalue weighted by Gasteiger charge is 2.47. The van der Waals surface area contributed by atoms with Crippen LogP contribution in [0.15, 0.2) is 24.3 Å². The Morgan fingerprint density at radius 3 is 2.62 bits per heavy atom. The van der Waals surface area contributed by atoms with Crippen LogP contribution in [0.3, 0.4) is 0 Å². The predicted molar refractivity (Wildman–Crippen MR) is 98.5 cm³/mol. The van der Waals surface area contributed by atoms with E-state index >= 15 is 0 Å². The molecule has 26 heavy (non-hydrogen) atoms. The Morgan fingerprint density at radius 2 is 1.96 bits per heavy atom. The summed E-state index contributed by atoms with van der Waals surface area (Å²) >= 11 is 0. The van der Waals surface area contributed by atoms with Crippen LogP contribution < -0.4 is 10.6 Å². The molecule has 6 heteroatoms. The lowest BCUT2D eigenvalue weighted by Gasteiger charge is -2.24. The summed E-state index contributed by atoms with van der Waals surface area (Å²) in [6, 6.07) is 6.89. The third kappa shape index (κ3) is 3.74. The Balaban J connectivity index is 1.65. The number of carbonyl (C=O) groups is 3. The molecule has 1 saturated carbocycles. The molecule has 0 radical (unpaired) electrons. The van der Waals surface area contributed by atoms with Gasteiger partial charge in [-0.15, -0.1) is 0 Å². The number of benzene rings is 1. The van der Waals surface area contributed by atoms with E-state index in [1.165, 1.54) is 0 Å². The molecule has 1 heterocycles. The van der Waals surface area contributed by atoms with Crippen LogP contribution in [-0.4, -0.2) is 41.2 Å². The molecule has 1 fully saturated rings. The zero-order valence-electron chi connectivity index (χ0n) is 15.5. The lowest BCUT2D eigenvalue weighted by Crippen LogP contribution is -2.45. The molecule has 2 N–H and O–H groups in total. The van der Waals surface area contributed by atoms with E-state index in [1.807, 2.05) is 25.1 Å². The first-order valence-corrected chi connectivity index (χ1v) is 9.55. The zero-order chi connectivity index (χ0) is 18.7. The van der Waals surface area contributed by atoms with E-state index in [2.05, 4.69) is 17.6 Å². The van der Waals surface area contributed by atoms with Gasteiger partial charge in [0.05, 0.1) is 6.54 Å². The maximum Gasteiger partial charge on any atom is 0.255 e. The van der Waals surface area contributed by atoms with Gasteiger partial charge in [0.2, 0.25) is 11.8 Å². The number of rotatable bonds is 8. The van der Waals surface area contributed by atoms with E-state index in [0.29, 0.717) is 5.56 Å². The molecule has 1 aromatic carbocycles. The van der Waals surface area contributed by atoms with E-state index in [-0.39, 0.29) is 36.3 Å². The Hall–Kier alpha value is -2.37. The fourth-order valence-corrected chi connectivity index (χ4v) is 3.60. The molecular weight excluding hydrogens is 330 g/mol. The highest BCUT2D eigenvalue weighted by molar-refractivity contribution is 6.05. The van der Waals surface area contributed by atoms with Crippen LogP contribution in [0, 0.1) is 0 Å². The van der Waals surface area contributed by atoms with Crippen molar-refractivity contribution in [1.29, 1.82) is 0 Å². The largest absolute Gasteiger partial charge is 0.352 e. The third-order valence-electron chi connectivity index (χ3n) is 5.11. The van der Waals surface area contributed by atoms with Crippen molar-refractivity contribution in [3.63, 3.8) is 0 Å². The number of fused-ring (bicyclic) bond motifs is 1. The first kappa shape index (κ1) is 18.4. The van der Waals surface area contributed by atoms with E-state index in [4.69, 9.17) is 0 Å². The van der Waals surface area contributed by atoms with Crippen molar-refractivity contribution in [3.05, 3.63) is 35.4 Å². The SMILES string of the molecule is CCCC(CC)NC(=O)CNC(=O)C1c2ccccc2C(=O)N1C1CC1. The molecule has 3 amide bonds. The van der Waals surface area contributed by atoms with Gasteiger partial charge in [0.1, 0.15) is 6.04 Å². The van der Waals surface area contributed by atoms with Crippen LogP contribution in [0.5, 0.6) is 0 Å². The molecule has 0 saturated heterocycles. The van der Waals surface area contributed by atoms with Crippen molar-refractivity contribution in [1.82, 2.24) is 15.5 Å². The fourth-order valence-electron chi connectivity index (χ4n) is 3.60. The smallest absolute Gasteiger partial charge is 0.255 e. The van der Waals surface area contributed by atoms with Gasteiger partial charge < -0.3 is 15.5 Å². The first-order valence-electron chi connectivity index (χ1n) is 9.55. The van der Waals surface area contributed by atoms with Gasteiger partial charge in [-0.05, 0) is 37.3 Å². The minimum Gasteiger partial charge on any atom is -0.352 e. The zero-order valence-corrected chi connectivity index (χ0v) is 15.5. The Kier molecular flexibility index (Phi) is 5.59. The summed E-state index contributed by atoms with van der Waals surface area (Å²) in [5.74, 6) is -0.551. The molecule has 0 spiro atoms. The molecule has 140 valence electrons. The predicted octanol–water partition coefficient (Wildman–Crippen LogP) is 2.16. The Bertz CT molecular complexity index is 699. The minimum atomic E-state index is -0.628. The van der Waals surface area contributed by atoms with Crippen molar-refractivity contribution >= 4 is 17.7 Å². The van der Waals surface area contributed by atoms with Crippen molar-refractivity contribution in [2.24, 2.45) is 0 Å². The molecule has 6 nitrogen and oxygen atoms in total. The van der Waals surface area contributed by atoms with Gasteiger partial charge in [-0.25, -0.2) is 0 Å². The standard InChI is InChI=1S/C20H27N3O3/c1-3-7-13(4-2)22-17(24)12-21-19(25)18-15-8-5-6-9-16(15)20(26)23(18)14-10-11-14/h5-6,8-9,13-14,18H,3-4,7,10-12H2,1-2H3,(H,21,25)(H,22,24). The molecule has 2 atom stereocenters. The molecule has 1 aromatic rings. The summed E-state index contributed by atoms with van der Waals surface area (Å²) in [6.45, 7) is 4.05. The number of amides is 3. The van der Waals surface area contributed by atoms with Crippen LogP contribution in [-0.2, 0) is 9.59 Å². The molecular formula is C20H27N3O3. The van der Waals surface area contributed by atoms with E-state index < -0.39 is 6.04 Å². The normalized spacial score (nSPS) is 19.8. The van der Waals surface area contributed by atoms with E-state index in [1.54, 1.807) is 11.0 Å². The molecule has 1 aliphatic heterocycles. The number of hydrogen-bond donors (Lipinski definition) is 2. The molecule has 0 aromatic heterocycles. The average Bonchev–Trinajstić information content (AvgIpc) is 3.44. The lowest BCUT2D eigenvalue weighted by atomic mass is 10.0. The van der Waals surface area contributed by atoms with Crippen molar-refractivity contribution in [2.75, 3.05) is 6.54 Å². The van der Waals surface area contributed by atoms with Crippen molar-refractivity contribution in [3.8, 4) is 0 Å². The number of nitrogens with zero attached hydrogens (tertiary/aromatic N) is 1. The number of nitrogens with one attached hydrogen (secondary N) is 2. The molecule has 2 unspecified atom stereocenters. The Labute approximate surface area is 154 Å². The van der Waals surface area contributed by atoms with Crippen molar-refractivity contribution in [2.45, 2.75) is 64.1 Å². The summed E-state index contributed by atoms with van der Waals surface area (Å²) in [5, 5.41) is 5.68. The minimum absolute atomic E-state index is 0.0651. The summed E-state index contributed by atoms with van der Waals surface area (Å²) < 4.78 is 0. The molecule has 0 bridgehead atoms. The van der Waals surface area contributed by atoms with E-state index in [9.17, 15) is 14.4 Å². The fraction of sp³-hybridized carbons (Fsp3) is 0.550. The van der Waals surface area contributed by atoms with Crippen LogP contribution in [0.2, 0.25) is 0 Å². The van der Waals surface area contributed by atoms with Crippen molar-refractivity contribution < 1.29 is 14.4 Å². The second kappa shape index (κ2) is 7.89. The summed E-state index contributed by atoms with van der Waals surface area (Å²) in [5.41, 5.74) is 1.33. The van der Waals surface area contributed by atoms with Gasteiger partial charge >= 0.3 is 0 Å². The second-order valence-corrected chi connectivity index (χ2v) is 7.11. The van der Waals surface area contributed by atoms with Gasteiger partial charge in [0.25, 0.3) is 5.91 Å². The quantitative estimate of drug-likeness (QED) is 0.748. The van der Waals surface area contributed by atoms with Gasteiger partial charge in [0, 0.05) is 17.6 Å². The highest BCUT2D eigenvalue weighted by Crippen LogP contribution is 2.41. The molecule has 3 rings (SSSR count). The Morgan fingerprint density at radius 1 is 1.23 bits per heavy atom. The number of carbonyl (C=O) groups excluding carboxylic acids is 3. The molecule has 1 aliphatic carbocycles. The maximum atomic E-state index is 12.8. The lowest BCUT2D eigenvalue weighted by molar-refractivity contribution is -0.129. The van der Waals surface area contributed by atoms with Crippen LogP contribution in [0.4, 0.5) is 0 Å². The molecule has 2 aliphatic rings. The summed E-state index contributed by atoms with van der Waals surface area (Å²) in [4.78, 5) is 39.3.